The molecule has 2 N–H and O–H groups in total. The van der Waals surface area contributed by atoms with Gasteiger partial charge in [0, 0.05) is 44.2 Å². The first-order valence-electron chi connectivity index (χ1n) is 10.9. The molecule has 1 saturated carbocycles. The van der Waals surface area contributed by atoms with Gasteiger partial charge in [0.25, 0.3) is 0 Å². The average molecular weight is 523 g/mol. The number of likely N-dealkylation sites (N-methyl/N-ethyl adjacent to an activating group) is 1. The minimum absolute atomic E-state index is 0.175. The second-order valence-corrected chi connectivity index (χ2v) is 8.77. The van der Waals surface area contributed by atoms with Gasteiger partial charge in [-0.05, 0) is 39.8 Å². The molecule has 9 nitrogen and oxygen atoms in total. The van der Waals surface area contributed by atoms with Gasteiger partial charge >= 0.3 is 24.3 Å². The highest BCUT2D eigenvalue weighted by atomic mass is 19.4. The van der Waals surface area contributed by atoms with E-state index in [-0.39, 0.29) is 5.54 Å². The maximum Gasteiger partial charge on any atom is 0.490 e. The van der Waals surface area contributed by atoms with Crippen LogP contribution >= 0.6 is 0 Å². The zero-order valence-corrected chi connectivity index (χ0v) is 19.5. The Morgan fingerprint density at radius 1 is 0.943 bits per heavy atom. The first kappa shape index (κ1) is 30.9. The summed E-state index contributed by atoms with van der Waals surface area (Å²) in [5.74, 6) is -4.76. The average Bonchev–Trinajstić information content (AvgIpc) is 3.58. The zero-order chi connectivity index (χ0) is 27.0. The lowest BCUT2D eigenvalue weighted by atomic mass is 9.85. The molecule has 1 spiro atoms. The summed E-state index contributed by atoms with van der Waals surface area (Å²) in [6.45, 7) is 6.74. The number of aliphatic carboxylic acids is 2. The summed E-state index contributed by atoms with van der Waals surface area (Å²) in [4.78, 5) is 37.0. The van der Waals surface area contributed by atoms with Crippen molar-refractivity contribution in [3.05, 3.63) is 0 Å². The molecular formula is C20H31F6N3O6. The van der Waals surface area contributed by atoms with E-state index in [0.717, 1.165) is 71.6 Å². The van der Waals surface area contributed by atoms with Crippen molar-refractivity contribution in [1.29, 1.82) is 0 Å². The number of hydrogen-bond acceptors (Lipinski definition) is 6. The number of carboxylic acid groups (broad SMARTS) is 2. The molecular weight excluding hydrogens is 492 g/mol. The number of alkyl halides is 6. The molecule has 0 radical (unpaired) electrons. The largest absolute Gasteiger partial charge is 0.490 e. The van der Waals surface area contributed by atoms with Gasteiger partial charge in [-0.25, -0.2) is 9.59 Å². The molecule has 1 aliphatic carbocycles. The van der Waals surface area contributed by atoms with Gasteiger partial charge in [-0.3, -0.25) is 9.69 Å². The zero-order valence-electron chi connectivity index (χ0n) is 19.5. The highest BCUT2D eigenvalue weighted by molar-refractivity contribution is 5.81. The SMILES string of the molecule is CN(C)CCN1CCOCC12CCN(C(=O)C1CC1)CC2.O=C(O)C(F)(F)F.O=C(O)C(F)(F)F. The summed E-state index contributed by atoms with van der Waals surface area (Å²) < 4.78 is 69.3. The molecule has 0 aromatic carbocycles. The lowest BCUT2D eigenvalue weighted by Crippen LogP contribution is -2.62. The highest BCUT2D eigenvalue weighted by Gasteiger charge is 2.44. The van der Waals surface area contributed by atoms with E-state index in [0.29, 0.717) is 11.8 Å². The summed E-state index contributed by atoms with van der Waals surface area (Å²) in [5, 5.41) is 14.2. The Hall–Kier alpha value is -2.13. The summed E-state index contributed by atoms with van der Waals surface area (Å²) in [6.07, 6.45) is -5.81. The fraction of sp³-hybridized carbons (Fsp3) is 0.850. The third-order valence-corrected chi connectivity index (χ3v) is 5.78. The number of ether oxygens (including phenoxy) is 1. The van der Waals surface area contributed by atoms with E-state index in [2.05, 4.69) is 28.8 Å². The number of carbonyl (C=O) groups excluding carboxylic acids is 1. The first-order chi connectivity index (χ1) is 16.0. The molecule has 3 fully saturated rings. The van der Waals surface area contributed by atoms with Crippen LogP contribution in [-0.2, 0) is 19.1 Å². The monoisotopic (exact) mass is 523 g/mol. The Kier molecular flexibility index (Phi) is 11.2. The molecule has 2 heterocycles. The van der Waals surface area contributed by atoms with Gasteiger partial charge < -0.3 is 24.7 Å². The van der Waals surface area contributed by atoms with Crippen LogP contribution in [0, 0.1) is 5.92 Å². The maximum atomic E-state index is 12.2. The molecule has 2 aliphatic heterocycles. The van der Waals surface area contributed by atoms with Crippen LogP contribution in [0.15, 0.2) is 0 Å². The number of nitrogens with zero attached hydrogens (tertiary/aromatic N) is 3. The smallest absolute Gasteiger partial charge is 0.475 e. The van der Waals surface area contributed by atoms with Crippen molar-refractivity contribution in [2.75, 3.05) is 60.0 Å². The molecule has 1 amide bonds. The van der Waals surface area contributed by atoms with E-state index >= 15 is 0 Å². The summed E-state index contributed by atoms with van der Waals surface area (Å²) in [5.41, 5.74) is 0.175. The Labute approximate surface area is 198 Å². The van der Waals surface area contributed by atoms with Gasteiger partial charge in [-0.2, -0.15) is 26.3 Å². The first-order valence-corrected chi connectivity index (χ1v) is 10.9. The standard InChI is InChI=1S/C16H29N3O2.2C2HF3O2/c1-17(2)9-10-19-11-12-21-13-16(19)5-7-18(8-6-16)15(20)14-3-4-14;2*3-2(4,5)1(6)7/h14H,3-13H2,1-2H3;2*(H,6,7). The lowest BCUT2D eigenvalue weighted by molar-refractivity contribution is -0.193. The van der Waals surface area contributed by atoms with Crippen LogP contribution in [0.5, 0.6) is 0 Å². The van der Waals surface area contributed by atoms with Crippen molar-refractivity contribution in [3.8, 4) is 0 Å². The number of piperidine rings is 1. The minimum atomic E-state index is -5.08. The number of carbonyl (C=O) groups is 3. The Morgan fingerprint density at radius 3 is 1.77 bits per heavy atom. The van der Waals surface area contributed by atoms with Crippen molar-refractivity contribution in [2.45, 2.75) is 43.6 Å². The molecule has 0 bridgehead atoms. The molecule has 35 heavy (non-hydrogen) atoms. The molecule has 204 valence electrons. The van der Waals surface area contributed by atoms with Crippen LogP contribution < -0.4 is 0 Å². The molecule has 3 aliphatic rings. The summed E-state index contributed by atoms with van der Waals surface area (Å²) in [6, 6.07) is 0. The second kappa shape index (κ2) is 12.7. The molecule has 2 saturated heterocycles. The van der Waals surface area contributed by atoms with E-state index in [1.807, 2.05) is 0 Å². The van der Waals surface area contributed by atoms with Crippen molar-refractivity contribution in [1.82, 2.24) is 14.7 Å². The van der Waals surface area contributed by atoms with Gasteiger partial charge in [-0.15, -0.1) is 0 Å². The molecule has 0 atom stereocenters. The fourth-order valence-corrected chi connectivity index (χ4v) is 3.63. The lowest BCUT2D eigenvalue weighted by Gasteiger charge is -2.51. The number of carboxylic acids is 2. The fourth-order valence-electron chi connectivity index (χ4n) is 3.63. The van der Waals surface area contributed by atoms with Gasteiger partial charge in [0.15, 0.2) is 0 Å². The van der Waals surface area contributed by atoms with Crippen LogP contribution in [0.4, 0.5) is 26.3 Å². The van der Waals surface area contributed by atoms with E-state index in [4.69, 9.17) is 24.5 Å². The number of hydrogen-bond donors (Lipinski definition) is 2. The minimum Gasteiger partial charge on any atom is -0.475 e. The quantitative estimate of drug-likeness (QED) is 0.538. The van der Waals surface area contributed by atoms with Crippen LogP contribution in [0.1, 0.15) is 25.7 Å². The predicted molar refractivity (Wildman–Crippen MR) is 110 cm³/mol. The number of halogens is 6. The number of morpholine rings is 1. The maximum absolute atomic E-state index is 12.2. The van der Waals surface area contributed by atoms with Crippen LogP contribution in [0.3, 0.4) is 0 Å². The Balaban J connectivity index is 0.000000362. The van der Waals surface area contributed by atoms with Gasteiger partial charge in [-0.1, -0.05) is 0 Å². The van der Waals surface area contributed by atoms with Crippen molar-refractivity contribution >= 4 is 17.8 Å². The number of likely N-dealkylation sites (tertiary alicyclic amines) is 1. The van der Waals surface area contributed by atoms with E-state index in [9.17, 15) is 31.1 Å². The van der Waals surface area contributed by atoms with Crippen LogP contribution in [0.2, 0.25) is 0 Å². The molecule has 0 unspecified atom stereocenters. The third-order valence-electron chi connectivity index (χ3n) is 5.78. The topological polar surface area (TPSA) is 111 Å². The van der Waals surface area contributed by atoms with E-state index in [1.54, 1.807) is 0 Å². The van der Waals surface area contributed by atoms with E-state index in [1.165, 1.54) is 0 Å². The third kappa shape index (κ3) is 10.6. The van der Waals surface area contributed by atoms with Crippen molar-refractivity contribution < 1.29 is 55.7 Å². The van der Waals surface area contributed by atoms with E-state index < -0.39 is 24.3 Å². The molecule has 0 aromatic rings. The van der Waals surface area contributed by atoms with Crippen molar-refractivity contribution in [3.63, 3.8) is 0 Å². The molecule has 0 aromatic heterocycles. The van der Waals surface area contributed by atoms with Gasteiger partial charge in [0.1, 0.15) is 0 Å². The normalized spacial score (nSPS) is 20.4. The van der Waals surface area contributed by atoms with Crippen LogP contribution in [-0.4, -0.2) is 121 Å². The number of amides is 1. The second-order valence-electron chi connectivity index (χ2n) is 8.77. The summed E-state index contributed by atoms with van der Waals surface area (Å²) >= 11 is 0. The van der Waals surface area contributed by atoms with Gasteiger partial charge in [0.05, 0.1) is 13.2 Å². The van der Waals surface area contributed by atoms with Crippen LogP contribution in [0.25, 0.3) is 0 Å². The van der Waals surface area contributed by atoms with Crippen molar-refractivity contribution in [2.24, 2.45) is 5.92 Å². The molecule has 3 rings (SSSR count). The summed E-state index contributed by atoms with van der Waals surface area (Å²) in [7, 11) is 4.26. The Morgan fingerprint density at radius 2 is 1.40 bits per heavy atom. The Bertz CT molecular complexity index is 695. The molecule has 15 heteroatoms. The predicted octanol–water partition coefficient (Wildman–Crippen LogP) is 1.92. The number of rotatable bonds is 4. The van der Waals surface area contributed by atoms with Gasteiger partial charge in [0.2, 0.25) is 5.91 Å². The highest BCUT2D eigenvalue weighted by Crippen LogP contribution is 2.36.